The molecule has 5 nitrogen and oxygen atoms in total. The zero-order valence-corrected chi connectivity index (χ0v) is 20.3. The van der Waals surface area contributed by atoms with E-state index in [-0.39, 0.29) is 5.97 Å². The number of nitrogens with zero attached hydrogens (tertiary/aromatic N) is 3. The fourth-order valence-corrected chi connectivity index (χ4v) is 5.05. The average Bonchev–Trinajstić information content (AvgIpc) is 2.89. The standard InChI is InChI=1S/C29H35N3O2/c1-31(21-25-9-6-16-30-20-25)28(19-23-7-4-3-5-8-23)26-14-17-32(18-15-26)22-24-10-12-27(13-11-24)29(33)34-2/h3-13,16,20,26,28H,14-15,17-19,21-22H2,1-2H3/t28-/m1/s1. The number of piperidine rings is 1. The van der Waals surface area contributed by atoms with E-state index >= 15 is 0 Å². The molecule has 178 valence electrons. The van der Waals surface area contributed by atoms with Gasteiger partial charge in [-0.1, -0.05) is 48.5 Å². The minimum Gasteiger partial charge on any atom is -0.465 e. The lowest BCUT2D eigenvalue weighted by atomic mass is 9.84. The summed E-state index contributed by atoms with van der Waals surface area (Å²) in [5.41, 5.74) is 4.50. The molecule has 0 bridgehead atoms. The maximum atomic E-state index is 11.7. The highest BCUT2D eigenvalue weighted by Crippen LogP contribution is 2.28. The quantitative estimate of drug-likeness (QED) is 0.431. The Morgan fingerprint density at radius 1 is 1.00 bits per heavy atom. The van der Waals surface area contributed by atoms with Crippen LogP contribution < -0.4 is 0 Å². The first-order valence-corrected chi connectivity index (χ1v) is 12.1. The molecule has 3 aromatic rings. The third-order valence-corrected chi connectivity index (χ3v) is 6.97. The smallest absolute Gasteiger partial charge is 0.337 e. The van der Waals surface area contributed by atoms with Gasteiger partial charge < -0.3 is 4.74 Å². The van der Waals surface area contributed by atoms with E-state index in [9.17, 15) is 4.79 Å². The number of carbonyl (C=O) groups is 1. The predicted molar refractivity (Wildman–Crippen MR) is 135 cm³/mol. The summed E-state index contributed by atoms with van der Waals surface area (Å²) in [5.74, 6) is 0.368. The third kappa shape index (κ3) is 6.52. The molecular formula is C29H35N3O2. The first-order valence-electron chi connectivity index (χ1n) is 12.1. The van der Waals surface area contributed by atoms with E-state index in [1.54, 1.807) is 0 Å². The Kier molecular flexibility index (Phi) is 8.45. The number of carbonyl (C=O) groups excluding carboxylic acids is 1. The van der Waals surface area contributed by atoms with Crippen LogP contribution in [0.2, 0.25) is 0 Å². The summed E-state index contributed by atoms with van der Waals surface area (Å²) in [4.78, 5) is 21.0. The van der Waals surface area contributed by atoms with Crippen molar-refractivity contribution in [1.82, 2.24) is 14.8 Å². The van der Waals surface area contributed by atoms with E-state index in [1.165, 1.54) is 36.6 Å². The molecular weight excluding hydrogens is 422 g/mol. The number of aromatic nitrogens is 1. The van der Waals surface area contributed by atoms with Crippen molar-refractivity contribution in [2.45, 2.75) is 38.4 Å². The topological polar surface area (TPSA) is 45.7 Å². The van der Waals surface area contributed by atoms with Crippen molar-refractivity contribution < 1.29 is 9.53 Å². The number of methoxy groups -OCH3 is 1. The zero-order valence-electron chi connectivity index (χ0n) is 20.3. The van der Waals surface area contributed by atoms with Crippen molar-refractivity contribution in [3.63, 3.8) is 0 Å². The van der Waals surface area contributed by atoms with Gasteiger partial charge in [-0.3, -0.25) is 14.8 Å². The highest BCUT2D eigenvalue weighted by molar-refractivity contribution is 5.89. The minimum absolute atomic E-state index is 0.285. The van der Waals surface area contributed by atoms with Crippen LogP contribution in [0.4, 0.5) is 0 Å². The number of hydrogen-bond acceptors (Lipinski definition) is 5. The normalized spacial score (nSPS) is 15.9. The lowest BCUT2D eigenvalue weighted by molar-refractivity contribution is 0.0600. The summed E-state index contributed by atoms with van der Waals surface area (Å²) in [6, 6.07) is 23.3. The van der Waals surface area contributed by atoms with Gasteiger partial charge in [0.15, 0.2) is 0 Å². The molecule has 1 atom stereocenters. The van der Waals surface area contributed by atoms with Gasteiger partial charge in [-0.25, -0.2) is 4.79 Å². The van der Waals surface area contributed by atoms with Gasteiger partial charge >= 0.3 is 5.97 Å². The van der Waals surface area contributed by atoms with Gasteiger partial charge in [0.25, 0.3) is 0 Å². The fourth-order valence-electron chi connectivity index (χ4n) is 5.05. The van der Waals surface area contributed by atoms with Crippen LogP contribution >= 0.6 is 0 Å². The van der Waals surface area contributed by atoms with Gasteiger partial charge in [0.05, 0.1) is 12.7 Å². The number of ether oxygens (including phenoxy) is 1. The molecule has 2 heterocycles. The van der Waals surface area contributed by atoms with E-state index in [1.807, 2.05) is 42.7 Å². The summed E-state index contributed by atoms with van der Waals surface area (Å²) in [5, 5.41) is 0. The zero-order chi connectivity index (χ0) is 23.8. The summed E-state index contributed by atoms with van der Waals surface area (Å²) >= 11 is 0. The van der Waals surface area contributed by atoms with Crippen molar-refractivity contribution in [3.05, 3.63) is 101 Å². The van der Waals surface area contributed by atoms with Crippen LogP contribution in [0.25, 0.3) is 0 Å². The van der Waals surface area contributed by atoms with Crippen LogP contribution in [0.3, 0.4) is 0 Å². The highest BCUT2D eigenvalue weighted by atomic mass is 16.5. The number of esters is 1. The second kappa shape index (κ2) is 11.9. The summed E-state index contributed by atoms with van der Waals surface area (Å²) in [6.45, 7) is 4.02. The molecule has 1 aliphatic rings. The molecule has 0 amide bonds. The summed E-state index contributed by atoms with van der Waals surface area (Å²) < 4.78 is 4.80. The van der Waals surface area contributed by atoms with Gasteiger partial charge in [-0.15, -0.1) is 0 Å². The SMILES string of the molecule is COC(=O)c1ccc(CN2CCC([C@@H](Cc3ccccc3)N(C)Cc3cccnc3)CC2)cc1. The molecule has 1 aliphatic heterocycles. The van der Waals surface area contributed by atoms with Crippen LogP contribution in [0.5, 0.6) is 0 Å². The number of likely N-dealkylation sites (N-methyl/N-ethyl adjacent to an activating group) is 1. The molecule has 34 heavy (non-hydrogen) atoms. The Hall–Kier alpha value is -3.02. The van der Waals surface area contributed by atoms with E-state index < -0.39 is 0 Å². The van der Waals surface area contributed by atoms with Crippen LogP contribution in [-0.2, 0) is 24.2 Å². The van der Waals surface area contributed by atoms with Crippen molar-refractivity contribution in [2.24, 2.45) is 5.92 Å². The number of hydrogen-bond donors (Lipinski definition) is 0. The molecule has 0 unspecified atom stereocenters. The lowest BCUT2D eigenvalue weighted by Gasteiger charge is -2.40. The second-order valence-electron chi connectivity index (χ2n) is 9.34. The van der Waals surface area contributed by atoms with Gasteiger partial charge in [0.2, 0.25) is 0 Å². The van der Waals surface area contributed by atoms with Crippen LogP contribution in [0, 0.1) is 5.92 Å². The molecule has 0 N–H and O–H groups in total. The fraction of sp³-hybridized carbons (Fsp3) is 0.379. The van der Waals surface area contributed by atoms with Gasteiger partial charge in [0.1, 0.15) is 0 Å². The Morgan fingerprint density at radius 3 is 2.35 bits per heavy atom. The monoisotopic (exact) mass is 457 g/mol. The van der Waals surface area contributed by atoms with Crippen LogP contribution in [0.1, 0.15) is 39.9 Å². The van der Waals surface area contributed by atoms with E-state index in [4.69, 9.17) is 4.74 Å². The molecule has 4 rings (SSSR count). The highest BCUT2D eigenvalue weighted by Gasteiger charge is 2.29. The maximum Gasteiger partial charge on any atom is 0.337 e. The van der Waals surface area contributed by atoms with Gasteiger partial charge in [-0.05, 0) is 80.2 Å². The molecule has 0 spiro atoms. The first kappa shape index (κ1) is 24.1. The number of benzene rings is 2. The molecule has 0 aliphatic carbocycles. The number of rotatable bonds is 9. The maximum absolute atomic E-state index is 11.7. The van der Waals surface area contributed by atoms with Crippen molar-refractivity contribution in [3.8, 4) is 0 Å². The van der Waals surface area contributed by atoms with Gasteiger partial charge in [0, 0.05) is 31.5 Å². The lowest BCUT2D eigenvalue weighted by Crippen LogP contribution is -2.44. The van der Waals surface area contributed by atoms with E-state index in [0.29, 0.717) is 17.5 Å². The molecule has 5 heteroatoms. The molecule has 1 fully saturated rings. The molecule has 1 saturated heterocycles. The van der Waals surface area contributed by atoms with Crippen molar-refractivity contribution in [2.75, 3.05) is 27.2 Å². The number of pyridine rings is 1. The van der Waals surface area contributed by atoms with Crippen LogP contribution in [-0.4, -0.2) is 54.0 Å². The Labute approximate surface area is 203 Å². The first-order chi connectivity index (χ1) is 16.6. The Morgan fingerprint density at radius 2 is 1.71 bits per heavy atom. The van der Waals surface area contributed by atoms with E-state index in [2.05, 4.69) is 58.2 Å². The summed E-state index contributed by atoms with van der Waals surface area (Å²) in [6.07, 6.45) is 7.26. The third-order valence-electron chi connectivity index (χ3n) is 6.97. The average molecular weight is 458 g/mol. The molecule has 2 aromatic carbocycles. The predicted octanol–water partition coefficient (Wildman–Crippen LogP) is 4.82. The Bertz CT molecular complexity index is 1020. The second-order valence-corrected chi connectivity index (χ2v) is 9.34. The molecule has 0 radical (unpaired) electrons. The van der Waals surface area contributed by atoms with Gasteiger partial charge in [-0.2, -0.15) is 0 Å². The summed E-state index contributed by atoms with van der Waals surface area (Å²) in [7, 11) is 3.68. The molecule has 1 aromatic heterocycles. The van der Waals surface area contributed by atoms with Crippen LogP contribution in [0.15, 0.2) is 79.1 Å². The minimum atomic E-state index is -0.285. The number of likely N-dealkylation sites (tertiary alicyclic amines) is 1. The van der Waals surface area contributed by atoms with Crippen molar-refractivity contribution in [1.29, 1.82) is 0 Å². The Balaban J connectivity index is 1.38. The molecule has 0 saturated carbocycles. The van der Waals surface area contributed by atoms with Crippen molar-refractivity contribution >= 4 is 5.97 Å². The largest absolute Gasteiger partial charge is 0.465 e. The van der Waals surface area contributed by atoms with E-state index in [0.717, 1.165) is 32.6 Å².